The molecule has 25 heavy (non-hydrogen) atoms. The third-order valence-electron chi connectivity index (χ3n) is 5.17. The highest BCUT2D eigenvalue weighted by atomic mass is 32.2. The quantitative estimate of drug-likeness (QED) is 0.787. The Morgan fingerprint density at radius 3 is 2.68 bits per heavy atom. The summed E-state index contributed by atoms with van der Waals surface area (Å²) in [7, 11) is -3.78. The molecule has 1 aromatic rings. The number of nitrogens with zero attached hydrogens (tertiary/aromatic N) is 2. The summed E-state index contributed by atoms with van der Waals surface area (Å²) in [5, 5.41) is 0. The third-order valence-corrected chi connectivity index (χ3v) is 7.10. The normalized spacial score (nSPS) is 27.1. The molecule has 0 aliphatic carbocycles. The molecule has 0 radical (unpaired) electrons. The van der Waals surface area contributed by atoms with Gasteiger partial charge in [-0.15, -0.1) is 0 Å². The molecular weight excluding hydrogens is 344 g/mol. The fourth-order valence-corrected chi connectivity index (χ4v) is 5.43. The van der Waals surface area contributed by atoms with Crippen molar-refractivity contribution >= 4 is 15.9 Å². The molecule has 0 spiro atoms. The Morgan fingerprint density at radius 1 is 1.12 bits per heavy atom. The van der Waals surface area contributed by atoms with E-state index in [1.165, 1.54) is 16.4 Å². The van der Waals surface area contributed by atoms with Gasteiger partial charge in [0.15, 0.2) is 11.5 Å². The third kappa shape index (κ3) is 2.77. The van der Waals surface area contributed by atoms with E-state index in [9.17, 15) is 13.2 Å². The second kappa shape index (κ2) is 6.17. The van der Waals surface area contributed by atoms with Crippen LogP contribution in [0.15, 0.2) is 23.1 Å². The summed E-state index contributed by atoms with van der Waals surface area (Å²) in [6.07, 6.45) is 2.54. The van der Waals surface area contributed by atoms with Crippen LogP contribution >= 0.6 is 0 Å². The fourth-order valence-electron chi connectivity index (χ4n) is 3.79. The molecule has 3 aliphatic rings. The second-order valence-electron chi connectivity index (χ2n) is 6.74. The highest BCUT2D eigenvalue weighted by Gasteiger charge is 2.45. The van der Waals surface area contributed by atoms with E-state index in [4.69, 9.17) is 9.47 Å². The Morgan fingerprint density at radius 2 is 1.88 bits per heavy atom. The number of ether oxygens (including phenoxy) is 2. The molecule has 0 N–H and O–H groups in total. The largest absolute Gasteiger partial charge is 0.490 e. The number of carbonyl (C=O) groups excluding carboxylic acids is 1. The summed E-state index contributed by atoms with van der Waals surface area (Å²) >= 11 is 0. The molecule has 4 rings (SSSR count). The average Bonchev–Trinajstić information content (AvgIpc) is 2.94. The minimum atomic E-state index is -3.78. The van der Waals surface area contributed by atoms with Crippen LogP contribution in [0.4, 0.5) is 0 Å². The molecule has 1 amide bonds. The Labute approximate surface area is 147 Å². The Bertz CT molecular complexity index is 794. The Kier molecular flexibility index (Phi) is 4.11. The lowest BCUT2D eigenvalue weighted by Crippen LogP contribution is -2.59. The van der Waals surface area contributed by atoms with E-state index >= 15 is 0 Å². The summed E-state index contributed by atoms with van der Waals surface area (Å²) in [6.45, 7) is 3.79. The fraction of sp³-hybridized carbons (Fsp3) is 0.588. The first-order valence-electron chi connectivity index (χ1n) is 8.70. The molecule has 0 aromatic heterocycles. The summed E-state index contributed by atoms with van der Waals surface area (Å²) in [5.41, 5.74) is 0. The van der Waals surface area contributed by atoms with E-state index in [1.807, 2.05) is 4.90 Å². The van der Waals surface area contributed by atoms with Crippen molar-refractivity contribution in [3.8, 4) is 11.5 Å². The van der Waals surface area contributed by atoms with E-state index in [-0.39, 0.29) is 16.8 Å². The molecule has 0 bridgehead atoms. The van der Waals surface area contributed by atoms with Gasteiger partial charge in [-0.05, 0) is 31.9 Å². The van der Waals surface area contributed by atoms with Gasteiger partial charge in [0.1, 0.15) is 6.04 Å². The molecule has 7 nitrogen and oxygen atoms in total. The Hall–Kier alpha value is -1.80. The second-order valence-corrected chi connectivity index (χ2v) is 8.63. The van der Waals surface area contributed by atoms with Crippen LogP contribution in [0.25, 0.3) is 0 Å². The lowest BCUT2D eigenvalue weighted by Gasteiger charge is -2.40. The zero-order chi connectivity index (χ0) is 17.6. The zero-order valence-corrected chi connectivity index (χ0v) is 15.0. The minimum Gasteiger partial charge on any atom is -0.490 e. The van der Waals surface area contributed by atoms with Gasteiger partial charge in [-0.2, -0.15) is 4.31 Å². The van der Waals surface area contributed by atoms with Gasteiger partial charge in [0, 0.05) is 31.6 Å². The van der Waals surface area contributed by atoms with Crippen LogP contribution in [-0.4, -0.2) is 61.9 Å². The number of hydrogen-bond donors (Lipinski definition) is 0. The van der Waals surface area contributed by atoms with Crippen LogP contribution in [-0.2, 0) is 14.8 Å². The molecule has 1 aromatic carbocycles. The SMILES string of the molecule is C[C@@H]1C(=O)N2CCC[C@@H]2CN1S(=O)(=O)c1ccc2c(c1)OCCCO2. The topological polar surface area (TPSA) is 76.2 Å². The molecule has 136 valence electrons. The maximum atomic E-state index is 13.2. The first kappa shape index (κ1) is 16.7. The van der Waals surface area contributed by atoms with Crippen molar-refractivity contribution in [3.05, 3.63) is 18.2 Å². The molecule has 2 saturated heterocycles. The summed E-state index contributed by atoms with van der Waals surface area (Å²) in [4.78, 5) is 14.5. The number of carbonyl (C=O) groups is 1. The van der Waals surface area contributed by atoms with Gasteiger partial charge in [-0.25, -0.2) is 8.42 Å². The predicted octanol–water partition coefficient (Wildman–Crippen LogP) is 1.23. The van der Waals surface area contributed by atoms with Crippen LogP contribution in [0.1, 0.15) is 26.2 Å². The van der Waals surface area contributed by atoms with E-state index in [0.29, 0.717) is 31.3 Å². The molecule has 3 aliphatic heterocycles. The molecule has 0 unspecified atom stereocenters. The van der Waals surface area contributed by atoms with Gasteiger partial charge >= 0.3 is 0 Å². The van der Waals surface area contributed by atoms with Crippen molar-refractivity contribution < 1.29 is 22.7 Å². The maximum absolute atomic E-state index is 13.2. The first-order valence-corrected chi connectivity index (χ1v) is 10.1. The predicted molar refractivity (Wildman–Crippen MR) is 90.1 cm³/mol. The van der Waals surface area contributed by atoms with Gasteiger partial charge < -0.3 is 14.4 Å². The van der Waals surface area contributed by atoms with E-state index in [0.717, 1.165) is 25.8 Å². The maximum Gasteiger partial charge on any atom is 0.244 e. The monoisotopic (exact) mass is 366 g/mol. The number of sulfonamides is 1. The standard InChI is InChI=1S/C17H22N2O5S/c1-12-17(20)18-7-2-4-13(18)11-19(12)25(21,22)14-5-6-15-16(10-14)24-9-3-8-23-15/h5-6,10,12-13H,2-4,7-9,11H2,1H3/t12-,13-/m1/s1. The summed E-state index contributed by atoms with van der Waals surface area (Å²) in [6, 6.07) is 3.97. The Balaban J connectivity index is 1.67. The van der Waals surface area contributed by atoms with E-state index in [1.54, 1.807) is 13.0 Å². The van der Waals surface area contributed by atoms with E-state index < -0.39 is 16.1 Å². The van der Waals surface area contributed by atoms with Crippen LogP contribution in [0.5, 0.6) is 11.5 Å². The number of amides is 1. The minimum absolute atomic E-state index is 0.0149. The number of benzene rings is 1. The molecule has 2 atom stereocenters. The van der Waals surface area contributed by atoms with Crippen LogP contribution in [0, 0.1) is 0 Å². The van der Waals surface area contributed by atoms with Gasteiger partial charge in [0.2, 0.25) is 15.9 Å². The van der Waals surface area contributed by atoms with Crippen molar-refractivity contribution in [3.63, 3.8) is 0 Å². The van der Waals surface area contributed by atoms with Crippen molar-refractivity contribution in [2.24, 2.45) is 0 Å². The summed E-state index contributed by atoms with van der Waals surface area (Å²) in [5.74, 6) is 0.893. The van der Waals surface area contributed by atoms with Crippen molar-refractivity contribution in [2.45, 2.75) is 43.2 Å². The first-order chi connectivity index (χ1) is 12.0. The molecule has 0 saturated carbocycles. The summed E-state index contributed by atoms with van der Waals surface area (Å²) < 4.78 is 38.8. The number of piperazine rings is 1. The molecular formula is C17H22N2O5S. The molecule has 8 heteroatoms. The van der Waals surface area contributed by atoms with Gasteiger partial charge in [0.25, 0.3) is 0 Å². The lowest BCUT2D eigenvalue weighted by atomic mass is 10.1. The van der Waals surface area contributed by atoms with Crippen LogP contribution in [0.3, 0.4) is 0 Å². The molecule has 3 heterocycles. The number of rotatable bonds is 2. The van der Waals surface area contributed by atoms with Crippen molar-refractivity contribution in [1.82, 2.24) is 9.21 Å². The van der Waals surface area contributed by atoms with Crippen LogP contribution < -0.4 is 9.47 Å². The van der Waals surface area contributed by atoms with Gasteiger partial charge in [-0.1, -0.05) is 0 Å². The highest BCUT2D eigenvalue weighted by Crippen LogP contribution is 2.35. The lowest BCUT2D eigenvalue weighted by molar-refractivity contribution is -0.139. The van der Waals surface area contributed by atoms with Crippen molar-refractivity contribution in [1.29, 1.82) is 0 Å². The number of fused-ring (bicyclic) bond motifs is 2. The van der Waals surface area contributed by atoms with Gasteiger partial charge in [-0.3, -0.25) is 4.79 Å². The zero-order valence-electron chi connectivity index (χ0n) is 14.2. The number of hydrogen-bond acceptors (Lipinski definition) is 5. The van der Waals surface area contributed by atoms with Gasteiger partial charge in [0.05, 0.1) is 18.1 Å². The van der Waals surface area contributed by atoms with Crippen LogP contribution in [0.2, 0.25) is 0 Å². The molecule has 2 fully saturated rings. The highest BCUT2D eigenvalue weighted by molar-refractivity contribution is 7.89. The smallest absolute Gasteiger partial charge is 0.244 e. The van der Waals surface area contributed by atoms with Crippen molar-refractivity contribution in [2.75, 3.05) is 26.3 Å². The average molecular weight is 366 g/mol. The van der Waals surface area contributed by atoms with E-state index in [2.05, 4.69) is 0 Å².